The van der Waals surface area contributed by atoms with Crippen LogP contribution in [0.5, 0.6) is 0 Å². The van der Waals surface area contributed by atoms with Gasteiger partial charge in [0.2, 0.25) is 5.91 Å². The molecule has 0 aliphatic carbocycles. The number of halogens is 3. The summed E-state index contributed by atoms with van der Waals surface area (Å²) in [5.74, 6) is -0.774. The molecule has 0 saturated carbocycles. The Balaban J connectivity index is 1.93. The highest BCUT2D eigenvalue weighted by Crippen LogP contribution is 2.25. The SMILES string of the molecule is C/C(CC(=O)Nc1ccc(Cl)cc1Cl)=N\NC(=O)c1ccccc1Cl. The van der Waals surface area contributed by atoms with Crippen molar-refractivity contribution in [3.05, 3.63) is 63.1 Å². The zero-order valence-electron chi connectivity index (χ0n) is 13.1. The molecule has 130 valence electrons. The molecule has 25 heavy (non-hydrogen) atoms. The molecule has 2 N–H and O–H groups in total. The summed E-state index contributed by atoms with van der Waals surface area (Å²) >= 11 is 17.7. The minimum absolute atomic E-state index is 0.0121. The second-order valence-corrected chi connectivity index (χ2v) is 6.37. The van der Waals surface area contributed by atoms with Gasteiger partial charge in [-0.15, -0.1) is 0 Å². The number of carbonyl (C=O) groups excluding carboxylic acids is 2. The first-order valence-electron chi connectivity index (χ1n) is 7.19. The van der Waals surface area contributed by atoms with Crippen LogP contribution in [0.15, 0.2) is 47.6 Å². The normalized spacial score (nSPS) is 11.1. The molecule has 5 nitrogen and oxygen atoms in total. The Hall–Kier alpha value is -2.08. The Kier molecular flexibility index (Phi) is 6.82. The summed E-state index contributed by atoms with van der Waals surface area (Å²) in [6.07, 6.45) is -0.0121. The van der Waals surface area contributed by atoms with Gasteiger partial charge in [-0.05, 0) is 37.3 Å². The van der Waals surface area contributed by atoms with E-state index in [1.165, 1.54) is 6.07 Å². The molecule has 0 heterocycles. The first-order valence-corrected chi connectivity index (χ1v) is 8.33. The lowest BCUT2D eigenvalue weighted by Crippen LogP contribution is -2.21. The van der Waals surface area contributed by atoms with Gasteiger partial charge in [0.05, 0.1) is 27.7 Å². The molecular formula is C17H14Cl3N3O2. The Morgan fingerprint density at radius 3 is 2.44 bits per heavy atom. The Morgan fingerprint density at radius 2 is 1.76 bits per heavy atom. The molecule has 0 aromatic heterocycles. The molecule has 0 unspecified atom stereocenters. The number of rotatable bonds is 5. The van der Waals surface area contributed by atoms with E-state index >= 15 is 0 Å². The van der Waals surface area contributed by atoms with Crippen LogP contribution in [0.1, 0.15) is 23.7 Å². The standard InChI is InChI=1S/C17H14Cl3N3O2/c1-10(22-23-17(25)12-4-2-3-5-13(12)19)8-16(24)21-15-7-6-11(18)9-14(15)20/h2-7,9H,8H2,1H3,(H,21,24)(H,23,25)/b22-10+. The van der Waals surface area contributed by atoms with Gasteiger partial charge in [-0.2, -0.15) is 5.10 Å². The van der Waals surface area contributed by atoms with Crippen LogP contribution < -0.4 is 10.7 Å². The Labute approximate surface area is 160 Å². The highest BCUT2D eigenvalue weighted by molar-refractivity contribution is 6.36. The van der Waals surface area contributed by atoms with Crippen LogP contribution in [0.3, 0.4) is 0 Å². The van der Waals surface area contributed by atoms with Crippen LogP contribution in [0, 0.1) is 0 Å². The van der Waals surface area contributed by atoms with Crippen molar-refractivity contribution in [1.29, 1.82) is 0 Å². The van der Waals surface area contributed by atoms with E-state index in [-0.39, 0.29) is 12.3 Å². The number of nitrogens with zero attached hydrogens (tertiary/aromatic N) is 1. The van der Waals surface area contributed by atoms with Crippen LogP contribution in [-0.4, -0.2) is 17.5 Å². The molecule has 0 saturated heterocycles. The average Bonchev–Trinajstić information content (AvgIpc) is 2.55. The summed E-state index contributed by atoms with van der Waals surface area (Å²) < 4.78 is 0. The lowest BCUT2D eigenvalue weighted by atomic mass is 10.2. The quantitative estimate of drug-likeness (QED) is 0.562. The van der Waals surface area contributed by atoms with E-state index in [0.717, 1.165) is 0 Å². The molecule has 0 bridgehead atoms. The van der Waals surface area contributed by atoms with E-state index in [4.69, 9.17) is 34.8 Å². The maximum absolute atomic E-state index is 12.0. The molecule has 0 radical (unpaired) electrons. The second kappa shape index (κ2) is 8.85. The van der Waals surface area contributed by atoms with Crippen molar-refractivity contribution >= 4 is 58.0 Å². The highest BCUT2D eigenvalue weighted by Gasteiger charge is 2.10. The molecule has 2 aromatic rings. The van der Waals surface area contributed by atoms with Gasteiger partial charge in [0, 0.05) is 10.7 Å². The van der Waals surface area contributed by atoms with Gasteiger partial charge in [0.1, 0.15) is 0 Å². The fraction of sp³-hybridized carbons (Fsp3) is 0.118. The fourth-order valence-corrected chi connectivity index (χ4v) is 2.59. The number of carbonyl (C=O) groups is 2. The third-order valence-corrected chi connectivity index (χ3v) is 3.97. The van der Waals surface area contributed by atoms with E-state index in [1.807, 2.05) is 0 Å². The van der Waals surface area contributed by atoms with Crippen LogP contribution in [0.2, 0.25) is 15.1 Å². The van der Waals surface area contributed by atoms with E-state index < -0.39 is 5.91 Å². The monoisotopic (exact) mass is 397 g/mol. The summed E-state index contributed by atoms with van der Waals surface area (Å²) in [4.78, 5) is 24.0. The van der Waals surface area contributed by atoms with Crippen molar-refractivity contribution in [2.75, 3.05) is 5.32 Å². The molecule has 0 spiro atoms. The number of hydrogen-bond acceptors (Lipinski definition) is 3. The van der Waals surface area contributed by atoms with Gasteiger partial charge < -0.3 is 5.32 Å². The number of hydrazone groups is 1. The van der Waals surface area contributed by atoms with Gasteiger partial charge in [-0.1, -0.05) is 46.9 Å². The van der Waals surface area contributed by atoms with E-state index in [9.17, 15) is 9.59 Å². The summed E-state index contributed by atoms with van der Waals surface area (Å²) in [5.41, 5.74) is 3.54. The molecule has 0 aliphatic heterocycles. The number of benzene rings is 2. The summed E-state index contributed by atoms with van der Waals surface area (Å²) in [7, 11) is 0. The van der Waals surface area contributed by atoms with Crippen molar-refractivity contribution in [3.63, 3.8) is 0 Å². The van der Waals surface area contributed by atoms with Gasteiger partial charge in [-0.3, -0.25) is 9.59 Å². The van der Waals surface area contributed by atoms with Crippen molar-refractivity contribution in [2.24, 2.45) is 5.10 Å². The average molecular weight is 399 g/mol. The lowest BCUT2D eigenvalue weighted by molar-refractivity contribution is -0.115. The molecule has 0 atom stereocenters. The van der Waals surface area contributed by atoms with Crippen molar-refractivity contribution < 1.29 is 9.59 Å². The molecular weight excluding hydrogens is 385 g/mol. The van der Waals surface area contributed by atoms with Crippen molar-refractivity contribution in [3.8, 4) is 0 Å². The number of nitrogens with one attached hydrogen (secondary N) is 2. The highest BCUT2D eigenvalue weighted by atomic mass is 35.5. The van der Waals surface area contributed by atoms with Crippen LogP contribution >= 0.6 is 34.8 Å². The predicted molar refractivity (Wildman–Crippen MR) is 102 cm³/mol. The zero-order valence-corrected chi connectivity index (χ0v) is 15.4. The molecule has 2 aromatic carbocycles. The second-order valence-electron chi connectivity index (χ2n) is 5.12. The third-order valence-electron chi connectivity index (χ3n) is 3.09. The van der Waals surface area contributed by atoms with Crippen LogP contribution in [0.25, 0.3) is 0 Å². The number of amides is 2. The Morgan fingerprint density at radius 1 is 1.04 bits per heavy atom. The summed E-state index contributed by atoms with van der Waals surface area (Å²) in [6, 6.07) is 11.4. The molecule has 0 fully saturated rings. The van der Waals surface area contributed by atoms with E-state index in [2.05, 4.69) is 15.8 Å². The van der Waals surface area contributed by atoms with Gasteiger partial charge >= 0.3 is 0 Å². The first kappa shape index (κ1) is 19.2. The van der Waals surface area contributed by atoms with Gasteiger partial charge in [0.25, 0.3) is 5.91 Å². The van der Waals surface area contributed by atoms with Gasteiger partial charge in [-0.25, -0.2) is 5.43 Å². The minimum Gasteiger partial charge on any atom is -0.324 e. The topological polar surface area (TPSA) is 70.6 Å². The maximum Gasteiger partial charge on any atom is 0.272 e. The number of anilines is 1. The zero-order chi connectivity index (χ0) is 18.4. The minimum atomic E-state index is -0.453. The fourth-order valence-electron chi connectivity index (χ4n) is 1.91. The van der Waals surface area contributed by atoms with E-state index in [0.29, 0.717) is 32.0 Å². The summed E-state index contributed by atoms with van der Waals surface area (Å²) in [6.45, 7) is 1.62. The maximum atomic E-state index is 12.0. The van der Waals surface area contributed by atoms with Crippen LogP contribution in [-0.2, 0) is 4.79 Å². The van der Waals surface area contributed by atoms with Crippen molar-refractivity contribution in [1.82, 2.24) is 5.43 Å². The van der Waals surface area contributed by atoms with E-state index in [1.54, 1.807) is 43.3 Å². The lowest BCUT2D eigenvalue weighted by Gasteiger charge is -2.08. The molecule has 8 heteroatoms. The molecule has 2 rings (SSSR count). The summed E-state index contributed by atoms with van der Waals surface area (Å²) in [5, 5.41) is 7.69. The predicted octanol–water partition coefficient (Wildman–Crippen LogP) is 4.78. The number of hydrogen-bond donors (Lipinski definition) is 2. The largest absolute Gasteiger partial charge is 0.324 e. The first-order chi connectivity index (χ1) is 11.9. The van der Waals surface area contributed by atoms with Gasteiger partial charge in [0.15, 0.2) is 0 Å². The molecule has 0 aliphatic rings. The smallest absolute Gasteiger partial charge is 0.272 e. The van der Waals surface area contributed by atoms with Crippen LogP contribution in [0.4, 0.5) is 5.69 Å². The third kappa shape index (κ3) is 5.74. The molecule has 2 amide bonds. The Bertz CT molecular complexity index is 838. The van der Waals surface area contributed by atoms with Crippen molar-refractivity contribution in [2.45, 2.75) is 13.3 Å².